The number of aliphatic carboxylic acids is 1. The molecule has 7 heteroatoms. The number of hydrogen-bond donors (Lipinski definition) is 1. The predicted molar refractivity (Wildman–Crippen MR) is 89.6 cm³/mol. The molecule has 0 bridgehead atoms. The Morgan fingerprint density at radius 2 is 2.12 bits per heavy atom. The molecule has 6 nitrogen and oxygen atoms in total. The number of carboxylic acids is 1. The van der Waals surface area contributed by atoms with Crippen LogP contribution in [0.4, 0.5) is 0 Å². The topological polar surface area (TPSA) is 83.6 Å². The third kappa shape index (κ3) is 4.23. The monoisotopic (exact) mass is 392 g/mol. The van der Waals surface area contributed by atoms with Crippen LogP contribution in [0.1, 0.15) is 47.0 Å². The van der Waals surface area contributed by atoms with Crippen LogP contribution in [0.5, 0.6) is 0 Å². The molecule has 0 spiro atoms. The van der Waals surface area contributed by atoms with Crippen molar-refractivity contribution in [1.29, 1.82) is 0 Å². The third-order valence-electron chi connectivity index (χ3n) is 3.88. The van der Waals surface area contributed by atoms with E-state index >= 15 is 0 Å². The lowest BCUT2D eigenvalue weighted by molar-refractivity contribution is -0.137. The van der Waals surface area contributed by atoms with Gasteiger partial charge in [-0.3, -0.25) is 9.59 Å². The summed E-state index contributed by atoms with van der Waals surface area (Å²) in [4.78, 5) is 25.1. The highest BCUT2D eigenvalue weighted by atomic mass is 79.9. The molecule has 0 unspecified atom stereocenters. The first-order valence-corrected chi connectivity index (χ1v) is 8.54. The molecule has 0 atom stereocenters. The fourth-order valence-corrected chi connectivity index (χ4v) is 2.90. The van der Waals surface area contributed by atoms with Gasteiger partial charge in [-0.1, -0.05) is 33.2 Å². The molecule has 2 aromatic rings. The van der Waals surface area contributed by atoms with Crippen molar-refractivity contribution >= 4 is 27.8 Å². The summed E-state index contributed by atoms with van der Waals surface area (Å²) in [5.74, 6) is -0.723. The lowest BCUT2D eigenvalue weighted by atomic mass is 10.2. The van der Waals surface area contributed by atoms with Gasteiger partial charge in [-0.2, -0.15) is 0 Å². The minimum Gasteiger partial charge on any atom is -0.481 e. The molecule has 1 aromatic heterocycles. The van der Waals surface area contributed by atoms with E-state index in [1.54, 1.807) is 6.07 Å². The summed E-state index contributed by atoms with van der Waals surface area (Å²) in [6.07, 6.45) is 2.02. The van der Waals surface area contributed by atoms with Gasteiger partial charge in [0.25, 0.3) is 5.91 Å². The van der Waals surface area contributed by atoms with Crippen LogP contribution < -0.4 is 0 Å². The Labute approximate surface area is 147 Å². The molecule has 0 aliphatic heterocycles. The van der Waals surface area contributed by atoms with E-state index in [4.69, 9.17) is 9.63 Å². The number of carboxylic acid groups (broad SMARTS) is 1. The molecule has 1 aliphatic rings. The molecule has 1 heterocycles. The highest BCUT2D eigenvalue weighted by molar-refractivity contribution is 9.10. The van der Waals surface area contributed by atoms with Crippen LogP contribution in [0, 0.1) is 0 Å². The fourth-order valence-electron chi connectivity index (χ4n) is 2.46. The van der Waals surface area contributed by atoms with Crippen molar-refractivity contribution < 1.29 is 19.2 Å². The zero-order valence-corrected chi connectivity index (χ0v) is 14.5. The number of carbonyl (C=O) groups excluding carboxylic acids is 1. The van der Waals surface area contributed by atoms with Crippen molar-refractivity contribution in [3.05, 3.63) is 51.8 Å². The second kappa shape index (κ2) is 7.17. The Balaban J connectivity index is 1.76. The molecule has 0 radical (unpaired) electrons. The van der Waals surface area contributed by atoms with Crippen LogP contribution >= 0.6 is 15.9 Å². The van der Waals surface area contributed by atoms with Crippen LogP contribution in [0.15, 0.2) is 39.3 Å². The first kappa shape index (κ1) is 16.7. The molecule has 3 rings (SSSR count). The van der Waals surface area contributed by atoms with Crippen molar-refractivity contribution in [2.75, 3.05) is 6.54 Å². The number of amides is 1. The smallest absolute Gasteiger partial charge is 0.305 e. The van der Waals surface area contributed by atoms with Gasteiger partial charge in [0.15, 0.2) is 0 Å². The van der Waals surface area contributed by atoms with Gasteiger partial charge in [0.1, 0.15) is 0 Å². The number of rotatable bonds is 7. The summed E-state index contributed by atoms with van der Waals surface area (Å²) in [6.45, 7) is 0.422. The maximum Gasteiger partial charge on any atom is 0.305 e. The van der Waals surface area contributed by atoms with E-state index in [2.05, 4.69) is 21.1 Å². The normalized spacial score (nSPS) is 13.7. The van der Waals surface area contributed by atoms with E-state index in [0.717, 1.165) is 28.6 Å². The minimum absolute atomic E-state index is 0.111. The van der Waals surface area contributed by atoms with Gasteiger partial charge >= 0.3 is 5.97 Å². The summed E-state index contributed by atoms with van der Waals surface area (Å²) in [7, 11) is 0. The second-order valence-electron chi connectivity index (χ2n) is 5.89. The number of nitrogens with zero attached hydrogens (tertiary/aromatic N) is 2. The molecule has 1 fully saturated rings. The van der Waals surface area contributed by atoms with Crippen LogP contribution in [0.2, 0.25) is 0 Å². The van der Waals surface area contributed by atoms with Gasteiger partial charge < -0.3 is 14.5 Å². The Morgan fingerprint density at radius 1 is 1.33 bits per heavy atom. The summed E-state index contributed by atoms with van der Waals surface area (Å²) >= 11 is 3.40. The molecule has 24 heavy (non-hydrogen) atoms. The maximum atomic E-state index is 12.7. The standard InChI is InChI=1S/C17H17BrN2O4/c18-13-3-1-2-11(8-13)10-20(7-6-16(21)22)17(23)15-9-14(19-24-15)12-4-5-12/h1-3,8-9,12H,4-7,10H2,(H,21,22). The van der Waals surface area contributed by atoms with Gasteiger partial charge in [0.2, 0.25) is 5.76 Å². The predicted octanol–water partition coefficient (Wildman–Crippen LogP) is 3.43. The van der Waals surface area contributed by atoms with Crippen molar-refractivity contribution in [3.8, 4) is 0 Å². The Morgan fingerprint density at radius 3 is 2.79 bits per heavy atom. The Bertz CT molecular complexity index is 755. The molecule has 1 amide bonds. The minimum atomic E-state index is -0.946. The molecule has 0 saturated heterocycles. The van der Waals surface area contributed by atoms with Crippen LogP contribution in [0.3, 0.4) is 0 Å². The van der Waals surface area contributed by atoms with Crippen molar-refractivity contribution in [2.45, 2.75) is 31.7 Å². The van der Waals surface area contributed by atoms with Crippen LogP contribution in [-0.4, -0.2) is 33.6 Å². The average molecular weight is 393 g/mol. The van der Waals surface area contributed by atoms with E-state index in [1.807, 2.05) is 24.3 Å². The molecule has 1 aromatic carbocycles. The van der Waals surface area contributed by atoms with E-state index in [-0.39, 0.29) is 24.6 Å². The van der Waals surface area contributed by atoms with Crippen LogP contribution in [0.25, 0.3) is 0 Å². The number of halogens is 1. The number of benzene rings is 1. The second-order valence-corrected chi connectivity index (χ2v) is 6.81. The van der Waals surface area contributed by atoms with E-state index in [1.165, 1.54) is 4.90 Å². The van der Waals surface area contributed by atoms with E-state index in [9.17, 15) is 9.59 Å². The molecule has 126 valence electrons. The summed E-state index contributed by atoms with van der Waals surface area (Å²) < 4.78 is 6.08. The van der Waals surface area contributed by atoms with Gasteiger partial charge in [0.05, 0.1) is 12.1 Å². The van der Waals surface area contributed by atoms with E-state index < -0.39 is 5.97 Å². The molecule has 1 N–H and O–H groups in total. The molecule has 1 aliphatic carbocycles. The highest BCUT2D eigenvalue weighted by Crippen LogP contribution is 2.39. The van der Waals surface area contributed by atoms with Gasteiger partial charge in [-0.15, -0.1) is 0 Å². The average Bonchev–Trinajstić information content (AvgIpc) is 3.28. The largest absolute Gasteiger partial charge is 0.481 e. The van der Waals surface area contributed by atoms with Crippen molar-refractivity contribution in [3.63, 3.8) is 0 Å². The zero-order valence-electron chi connectivity index (χ0n) is 12.9. The summed E-state index contributed by atoms with van der Waals surface area (Å²) in [5.41, 5.74) is 1.71. The van der Waals surface area contributed by atoms with Crippen molar-refractivity contribution in [1.82, 2.24) is 10.1 Å². The fraction of sp³-hybridized carbons (Fsp3) is 0.353. The zero-order chi connectivity index (χ0) is 17.1. The summed E-state index contributed by atoms with van der Waals surface area (Å²) in [6, 6.07) is 9.23. The lowest BCUT2D eigenvalue weighted by Crippen LogP contribution is -2.32. The van der Waals surface area contributed by atoms with Gasteiger partial charge in [0, 0.05) is 29.5 Å². The Kier molecular flexibility index (Phi) is 4.99. The SMILES string of the molecule is O=C(O)CCN(Cc1cccc(Br)c1)C(=O)c1cc(C2CC2)no1. The number of aromatic nitrogens is 1. The van der Waals surface area contributed by atoms with Gasteiger partial charge in [-0.05, 0) is 30.5 Å². The Hall–Kier alpha value is -2.15. The lowest BCUT2D eigenvalue weighted by Gasteiger charge is -2.20. The first-order chi connectivity index (χ1) is 11.5. The van der Waals surface area contributed by atoms with Gasteiger partial charge in [-0.25, -0.2) is 0 Å². The number of hydrogen-bond acceptors (Lipinski definition) is 4. The van der Waals surface area contributed by atoms with Crippen molar-refractivity contribution in [2.24, 2.45) is 0 Å². The maximum absolute atomic E-state index is 12.7. The van der Waals surface area contributed by atoms with E-state index in [0.29, 0.717) is 12.5 Å². The number of carbonyl (C=O) groups is 2. The summed E-state index contributed by atoms with van der Waals surface area (Å²) in [5, 5.41) is 12.9. The molecular formula is C17H17BrN2O4. The highest BCUT2D eigenvalue weighted by Gasteiger charge is 2.29. The molecule has 1 saturated carbocycles. The van der Waals surface area contributed by atoms with Crippen LogP contribution in [-0.2, 0) is 11.3 Å². The third-order valence-corrected chi connectivity index (χ3v) is 4.37. The first-order valence-electron chi connectivity index (χ1n) is 7.75. The quantitative estimate of drug-likeness (QED) is 0.779. The molecular weight excluding hydrogens is 376 g/mol.